The molecule has 1 aromatic rings. The molecule has 180 valence electrons. The van der Waals surface area contributed by atoms with E-state index in [1.54, 1.807) is 6.08 Å². The lowest BCUT2D eigenvalue weighted by molar-refractivity contribution is -0.259. The van der Waals surface area contributed by atoms with Crippen LogP contribution in [-0.2, 0) is 19.1 Å². The minimum Gasteiger partial charge on any atom is -0.456 e. The van der Waals surface area contributed by atoms with Gasteiger partial charge in [0.15, 0.2) is 0 Å². The number of amides is 1. The van der Waals surface area contributed by atoms with Gasteiger partial charge in [-0.2, -0.15) is 0 Å². The second-order valence-corrected chi connectivity index (χ2v) is 10.7. The van der Waals surface area contributed by atoms with Crippen molar-refractivity contribution >= 4 is 17.4 Å². The molecule has 3 fully saturated rings. The molecule has 0 spiro atoms. The molecule has 1 saturated carbocycles. The van der Waals surface area contributed by atoms with E-state index in [1.165, 1.54) is 0 Å². The van der Waals surface area contributed by atoms with Crippen molar-refractivity contribution in [3.63, 3.8) is 0 Å². The number of aliphatic hydroxyl groups is 1. The summed E-state index contributed by atoms with van der Waals surface area (Å²) >= 11 is 0. The van der Waals surface area contributed by atoms with E-state index in [0.29, 0.717) is 12.3 Å². The van der Waals surface area contributed by atoms with Crippen LogP contribution in [-0.4, -0.2) is 46.9 Å². The molecule has 1 amide bonds. The number of hydrogen-bond donors (Lipinski definition) is 2. The van der Waals surface area contributed by atoms with Gasteiger partial charge in [0.25, 0.3) is 0 Å². The molecule has 2 bridgehead atoms. The normalized spacial score (nSPS) is 37.7. The van der Waals surface area contributed by atoms with Crippen LogP contribution in [0.3, 0.4) is 0 Å². The summed E-state index contributed by atoms with van der Waals surface area (Å²) < 4.78 is 13.1. The van der Waals surface area contributed by atoms with Crippen molar-refractivity contribution in [1.82, 2.24) is 5.32 Å². The minimum absolute atomic E-state index is 0.0820. The van der Waals surface area contributed by atoms with Gasteiger partial charge in [-0.25, -0.2) is 4.79 Å². The third-order valence-electron chi connectivity index (χ3n) is 8.51. The number of benzene rings is 1. The second kappa shape index (κ2) is 8.88. The molecule has 7 atom stereocenters. The average molecular weight is 456 g/mol. The van der Waals surface area contributed by atoms with Crippen molar-refractivity contribution in [2.75, 3.05) is 6.61 Å². The van der Waals surface area contributed by atoms with E-state index < -0.39 is 29.8 Å². The lowest BCUT2D eigenvalue weighted by Crippen LogP contribution is -2.63. The Morgan fingerprint density at radius 3 is 2.61 bits per heavy atom. The van der Waals surface area contributed by atoms with E-state index in [0.717, 1.165) is 24.0 Å². The molecule has 6 nitrogen and oxygen atoms in total. The number of hydrogen-bond acceptors (Lipinski definition) is 5. The molecule has 3 aliphatic rings. The molecule has 33 heavy (non-hydrogen) atoms. The fourth-order valence-electron chi connectivity index (χ4n) is 6.70. The van der Waals surface area contributed by atoms with Crippen molar-refractivity contribution in [2.45, 2.75) is 77.2 Å². The summed E-state index contributed by atoms with van der Waals surface area (Å²) in [6, 6.07) is 9.57. The Kier molecular flexibility index (Phi) is 6.45. The summed E-state index contributed by atoms with van der Waals surface area (Å²) in [7, 11) is 0. The Bertz CT molecular complexity index is 928. The van der Waals surface area contributed by atoms with Crippen molar-refractivity contribution in [2.24, 2.45) is 23.7 Å². The molecule has 4 rings (SSSR count). The molecule has 6 heteroatoms. The van der Waals surface area contributed by atoms with Gasteiger partial charge in [0, 0.05) is 18.4 Å². The Balaban J connectivity index is 1.68. The lowest BCUT2D eigenvalue weighted by Gasteiger charge is -2.53. The summed E-state index contributed by atoms with van der Waals surface area (Å²) in [6.07, 6.45) is 3.75. The van der Waals surface area contributed by atoms with Crippen LogP contribution in [0.15, 0.2) is 36.4 Å². The molecule has 0 unspecified atom stereocenters. The van der Waals surface area contributed by atoms with Gasteiger partial charge in [-0.1, -0.05) is 51.1 Å². The first-order chi connectivity index (χ1) is 15.6. The highest BCUT2D eigenvalue weighted by molar-refractivity contribution is 5.91. The van der Waals surface area contributed by atoms with Gasteiger partial charge in [-0.15, -0.1) is 0 Å². The number of ether oxygens (including phenoxy) is 2. The number of allylic oxidation sites excluding steroid dienone is 1. The maximum atomic E-state index is 13.2. The third-order valence-corrected chi connectivity index (χ3v) is 8.51. The first kappa shape index (κ1) is 24.0. The Morgan fingerprint density at radius 1 is 1.27 bits per heavy atom. The summed E-state index contributed by atoms with van der Waals surface area (Å²) in [5, 5.41) is 12.4. The molecule has 1 aromatic carbocycles. The van der Waals surface area contributed by atoms with Gasteiger partial charge in [0.1, 0.15) is 18.3 Å². The monoisotopic (exact) mass is 455 g/mol. The number of fused-ring (bicyclic) bond motifs is 4. The van der Waals surface area contributed by atoms with Gasteiger partial charge < -0.3 is 19.9 Å². The van der Waals surface area contributed by atoms with Gasteiger partial charge in [0.2, 0.25) is 5.91 Å². The summed E-state index contributed by atoms with van der Waals surface area (Å²) in [6.45, 7) is 9.89. The van der Waals surface area contributed by atoms with Crippen LogP contribution < -0.4 is 5.32 Å². The van der Waals surface area contributed by atoms with Gasteiger partial charge in [0.05, 0.1) is 11.6 Å². The zero-order valence-electron chi connectivity index (χ0n) is 20.3. The number of rotatable bonds is 6. The number of esters is 1. The van der Waals surface area contributed by atoms with Gasteiger partial charge >= 0.3 is 5.97 Å². The molecule has 2 aliphatic heterocycles. The SMILES string of the molecule is C/C(=C\C(=O)O[C@H]1[C@@H]2[C@H](C)CC[C@H]2[C@]2(C)O[C@@]1(C(C)C)C[C@H]2NC(=O)CO)c1ccccc1. The van der Waals surface area contributed by atoms with E-state index in [4.69, 9.17) is 9.47 Å². The minimum atomic E-state index is -0.688. The van der Waals surface area contributed by atoms with Crippen LogP contribution in [0.4, 0.5) is 0 Å². The predicted molar refractivity (Wildman–Crippen MR) is 126 cm³/mol. The number of nitrogens with one attached hydrogen (secondary N) is 1. The molecular formula is C27H37NO5. The maximum absolute atomic E-state index is 13.2. The molecule has 2 saturated heterocycles. The molecule has 2 heterocycles. The first-order valence-corrected chi connectivity index (χ1v) is 12.2. The van der Waals surface area contributed by atoms with Crippen molar-refractivity contribution in [1.29, 1.82) is 0 Å². The van der Waals surface area contributed by atoms with E-state index in [1.807, 2.05) is 37.3 Å². The Hall–Kier alpha value is -2.18. The van der Waals surface area contributed by atoms with E-state index in [2.05, 4.69) is 33.0 Å². The van der Waals surface area contributed by atoms with Crippen LogP contribution in [0.5, 0.6) is 0 Å². The Labute approximate surface area is 196 Å². The van der Waals surface area contributed by atoms with E-state index >= 15 is 0 Å². The lowest BCUT2D eigenvalue weighted by atomic mass is 9.69. The summed E-state index contributed by atoms with van der Waals surface area (Å²) in [4.78, 5) is 25.3. The molecular weight excluding hydrogens is 418 g/mol. The topological polar surface area (TPSA) is 84.9 Å². The van der Waals surface area contributed by atoms with Crippen LogP contribution in [0.2, 0.25) is 0 Å². The average Bonchev–Trinajstić information content (AvgIpc) is 3.30. The second-order valence-electron chi connectivity index (χ2n) is 10.7. The molecule has 1 aliphatic carbocycles. The standard InChI is InChI=1S/C27H37NO5/c1-16(2)27-14-21(28-22(30)15-29)26(5,33-27)20-12-11-17(3)24(20)25(27)32-23(31)13-18(4)19-9-7-6-8-10-19/h6-10,13,16-17,20-21,24-25,29H,11-12,14-15H2,1-5H3,(H,28,30)/b18-13+/t17-,20-,21-,24-,25+,26+,27-/m1/s1. The number of aliphatic hydroxyl groups excluding tert-OH is 1. The molecule has 0 aromatic heterocycles. The van der Waals surface area contributed by atoms with Crippen LogP contribution in [0.1, 0.15) is 59.4 Å². The van der Waals surface area contributed by atoms with Crippen LogP contribution in [0.25, 0.3) is 5.57 Å². The molecule has 2 N–H and O–H groups in total. The van der Waals surface area contributed by atoms with Crippen LogP contribution >= 0.6 is 0 Å². The Morgan fingerprint density at radius 2 is 1.97 bits per heavy atom. The highest BCUT2D eigenvalue weighted by Gasteiger charge is 2.71. The summed E-state index contributed by atoms with van der Waals surface area (Å²) in [5.41, 5.74) is 0.603. The number of carbonyl (C=O) groups excluding carboxylic acids is 2. The fourth-order valence-corrected chi connectivity index (χ4v) is 6.70. The highest BCUT2D eigenvalue weighted by Crippen LogP contribution is 2.62. The zero-order chi connectivity index (χ0) is 24.0. The number of carbonyl (C=O) groups is 2. The highest BCUT2D eigenvalue weighted by atomic mass is 16.6. The van der Waals surface area contributed by atoms with Crippen molar-refractivity contribution in [3.8, 4) is 0 Å². The third kappa shape index (κ3) is 4.01. The fraction of sp³-hybridized carbons (Fsp3) is 0.630. The van der Waals surface area contributed by atoms with Gasteiger partial charge in [-0.3, -0.25) is 4.79 Å². The largest absolute Gasteiger partial charge is 0.456 e. The van der Waals surface area contributed by atoms with E-state index in [9.17, 15) is 14.7 Å². The zero-order valence-corrected chi connectivity index (χ0v) is 20.3. The molecule has 0 radical (unpaired) electrons. The first-order valence-electron chi connectivity index (χ1n) is 12.2. The van der Waals surface area contributed by atoms with Crippen molar-refractivity contribution in [3.05, 3.63) is 42.0 Å². The predicted octanol–water partition coefficient (Wildman–Crippen LogP) is 3.73. The summed E-state index contributed by atoms with van der Waals surface area (Å²) in [5.74, 6) is 0.0572. The maximum Gasteiger partial charge on any atom is 0.331 e. The van der Waals surface area contributed by atoms with Crippen molar-refractivity contribution < 1.29 is 24.2 Å². The van der Waals surface area contributed by atoms with E-state index in [-0.39, 0.29) is 29.8 Å². The van der Waals surface area contributed by atoms with Gasteiger partial charge in [-0.05, 0) is 55.6 Å². The van der Waals surface area contributed by atoms with Crippen LogP contribution in [0, 0.1) is 23.7 Å². The smallest absolute Gasteiger partial charge is 0.331 e. The quantitative estimate of drug-likeness (QED) is 0.504.